The zero-order valence-electron chi connectivity index (χ0n) is 11.6. The molecule has 0 bridgehead atoms. The first kappa shape index (κ1) is 18.5. The third-order valence-corrected chi connectivity index (χ3v) is 3.24. The van der Waals surface area contributed by atoms with Gasteiger partial charge in [0.15, 0.2) is 0 Å². The molecule has 0 spiro atoms. The lowest BCUT2D eigenvalue weighted by molar-refractivity contribution is 0.127. The Bertz CT molecular complexity index is 386. The van der Waals surface area contributed by atoms with Crippen LogP contribution in [-0.2, 0) is 0 Å². The van der Waals surface area contributed by atoms with Crippen LogP contribution in [0.15, 0.2) is 18.2 Å². The van der Waals surface area contributed by atoms with Crippen LogP contribution in [-0.4, -0.2) is 18.3 Å². The fraction of sp³-hybridized carbons (Fsp3) is 0.571. The van der Waals surface area contributed by atoms with E-state index >= 15 is 0 Å². The zero-order chi connectivity index (χ0) is 13.7. The summed E-state index contributed by atoms with van der Waals surface area (Å²) < 4.78 is 5.25. The van der Waals surface area contributed by atoms with Crippen LogP contribution in [0.5, 0.6) is 5.75 Å². The second kappa shape index (κ2) is 8.64. The summed E-state index contributed by atoms with van der Waals surface area (Å²) >= 11 is 5.96. The number of ether oxygens (including phenoxy) is 1. The molecule has 0 aromatic heterocycles. The number of aliphatic hydroxyl groups is 1. The second-order valence-electron chi connectivity index (χ2n) is 4.95. The van der Waals surface area contributed by atoms with Crippen LogP contribution in [0.3, 0.4) is 0 Å². The van der Waals surface area contributed by atoms with Crippen LogP contribution >= 0.6 is 24.0 Å². The van der Waals surface area contributed by atoms with Crippen molar-refractivity contribution in [2.75, 3.05) is 7.11 Å². The maximum Gasteiger partial charge on any atom is 0.123 e. The van der Waals surface area contributed by atoms with Crippen molar-refractivity contribution in [1.82, 2.24) is 0 Å². The molecule has 0 fully saturated rings. The van der Waals surface area contributed by atoms with Crippen LogP contribution in [0.25, 0.3) is 0 Å². The van der Waals surface area contributed by atoms with E-state index in [0.717, 1.165) is 12.0 Å². The van der Waals surface area contributed by atoms with Crippen LogP contribution in [0.4, 0.5) is 0 Å². The largest absolute Gasteiger partial charge is 0.496 e. The molecule has 1 aromatic carbocycles. The van der Waals surface area contributed by atoms with Crippen molar-refractivity contribution in [2.45, 2.75) is 38.8 Å². The number of methoxy groups -OCH3 is 1. The quantitative estimate of drug-likeness (QED) is 0.844. The number of hydrogen-bond donors (Lipinski definition) is 2. The lowest BCUT2D eigenvalue weighted by Gasteiger charge is -2.22. The van der Waals surface area contributed by atoms with Gasteiger partial charge in [0.2, 0.25) is 0 Å². The Morgan fingerprint density at radius 3 is 2.47 bits per heavy atom. The molecule has 3 nitrogen and oxygen atoms in total. The maximum atomic E-state index is 10.1. The molecule has 0 amide bonds. The summed E-state index contributed by atoms with van der Waals surface area (Å²) in [6.07, 6.45) is 1.03. The van der Waals surface area contributed by atoms with Crippen molar-refractivity contribution >= 4 is 24.0 Å². The van der Waals surface area contributed by atoms with E-state index < -0.39 is 12.1 Å². The lowest BCUT2D eigenvalue weighted by atomic mass is 9.95. The minimum atomic E-state index is -0.584. The van der Waals surface area contributed by atoms with E-state index in [1.54, 1.807) is 25.3 Å². The van der Waals surface area contributed by atoms with Gasteiger partial charge in [0.1, 0.15) is 5.75 Å². The highest BCUT2D eigenvalue weighted by molar-refractivity contribution is 6.30. The number of halogens is 2. The molecular formula is C14H23Cl2NO2. The van der Waals surface area contributed by atoms with E-state index in [1.807, 2.05) is 0 Å². The van der Waals surface area contributed by atoms with Crippen LogP contribution < -0.4 is 10.5 Å². The summed E-state index contributed by atoms with van der Waals surface area (Å²) in [5.41, 5.74) is 6.83. The molecule has 1 aromatic rings. The van der Waals surface area contributed by atoms with Crippen LogP contribution in [0, 0.1) is 5.92 Å². The first-order valence-corrected chi connectivity index (χ1v) is 6.60. The van der Waals surface area contributed by atoms with Crippen molar-refractivity contribution in [1.29, 1.82) is 0 Å². The van der Waals surface area contributed by atoms with Gasteiger partial charge in [-0.15, -0.1) is 12.4 Å². The van der Waals surface area contributed by atoms with Gasteiger partial charge in [-0.2, -0.15) is 0 Å². The van der Waals surface area contributed by atoms with E-state index in [9.17, 15) is 5.11 Å². The van der Waals surface area contributed by atoms with E-state index in [2.05, 4.69) is 13.8 Å². The molecule has 0 saturated heterocycles. The summed E-state index contributed by atoms with van der Waals surface area (Å²) in [5, 5.41) is 10.7. The average Bonchev–Trinajstić information content (AvgIpc) is 2.34. The fourth-order valence-corrected chi connectivity index (χ4v) is 2.04. The molecule has 0 radical (unpaired) electrons. The second-order valence-corrected chi connectivity index (χ2v) is 5.39. The summed E-state index contributed by atoms with van der Waals surface area (Å²) in [4.78, 5) is 0. The molecule has 0 aliphatic heterocycles. The molecule has 0 unspecified atom stereocenters. The predicted octanol–water partition coefficient (Wildman–Crippen LogP) is 3.57. The summed E-state index contributed by atoms with van der Waals surface area (Å²) in [5.74, 6) is 1.21. The molecular weight excluding hydrogens is 285 g/mol. The number of aliphatic hydroxyl groups excluding tert-OH is 1. The highest BCUT2D eigenvalue weighted by Crippen LogP contribution is 2.30. The number of rotatable bonds is 6. The first-order chi connectivity index (χ1) is 8.45. The maximum absolute atomic E-state index is 10.1. The normalized spacial score (nSPS) is 13.8. The Kier molecular flexibility index (Phi) is 8.42. The molecule has 19 heavy (non-hydrogen) atoms. The van der Waals surface area contributed by atoms with Crippen molar-refractivity contribution in [3.8, 4) is 5.75 Å². The van der Waals surface area contributed by atoms with Gasteiger partial charge in [-0.05, 0) is 37.0 Å². The monoisotopic (exact) mass is 307 g/mol. The Balaban J connectivity index is 0.00000324. The van der Waals surface area contributed by atoms with E-state index in [1.165, 1.54) is 0 Å². The standard InChI is InChI=1S/C14H22ClNO2.ClH/c1-9(2)4-6-12(17)14(16)11-8-10(15)5-7-13(11)18-3;/h5,7-9,12,14,17H,4,6,16H2,1-3H3;1H/t12-,14+;/m0./s1. The lowest BCUT2D eigenvalue weighted by Crippen LogP contribution is -2.27. The molecule has 0 saturated carbocycles. The average molecular weight is 308 g/mol. The van der Waals surface area contributed by atoms with Gasteiger partial charge in [-0.25, -0.2) is 0 Å². The van der Waals surface area contributed by atoms with Gasteiger partial charge in [-0.3, -0.25) is 0 Å². The summed E-state index contributed by atoms with van der Waals surface area (Å²) in [6.45, 7) is 4.25. The molecule has 110 valence electrons. The van der Waals surface area contributed by atoms with Gasteiger partial charge >= 0.3 is 0 Å². The Morgan fingerprint density at radius 1 is 1.32 bits per heavy atom. The van der Waals surface area contributed by atoms with Gasteiger partial charge in [0.05, 0.1) is 19.3 Å². The van der Waals surface area contributed by atoms with E-state index in [0.29, 0.717) is 23.1 Å². The summed E-state index contributed by atoms with van der Waals surface area (Å²) in [7, 11) is 1.58. The zero-order valence-corrected chi connectivity index (χ0v) is 13.2. The van der Waals surface area contributed by atoms with Crippen molar-refractivity contribution in [3.05, 3.63) is 28.8 Å². The van der Waals surface area contributed by atoms with E-state index in [-0.39, 0.29) is 12.4 Å². The molecule has 0 heterocycles. The minimum absolute atomic E-state index is 0. The topological polar surface area (TPSA) is 55.5 Å². The van der Waals surface area contributed by atoms with Crippen LogP contribution in [0.2, 0.25) is 5.02 Å². The first-order valence-electron chi connectivity index (χ1n) is 6.22. The third kappa shape index (κ3) is 5.57. The third-order valence-electron chi connectivity index (χ3n) is 3.01. The SMILES string of the molecule is COc1ccc(Cl)cc1[C@@H](N)[C@@H](O)CCC(C)C.Cl. The minimum Gasteiger partial charge on any atom is -0.496 e. The number of benzene rings is 1. The Hall–Kier alpha value is -0.480. The Morgan fingerprint density at radius 2 is 1.95 bits per heavy atom. The number of nitrogens with two attached hydrogens (primary N) is 1. The smallest absolute Gasteiger partial charge is 0.123 e. The molecule has 1 rings (SSSR count). The molecule has 2 atom stereocenters. The molecule has 3 N–H and O–H groups in total. The highest BCUT2D eigenvalue weighted by atomic mass is 35.5. The van der Waals surface area contributed by atoms with Crippen molar-refractivity contribution < 1.29 is 9.84 Å². The predicted molar refractivity (Wildman–Crippen MR) is 82.3 cm³/mol. The van der Waals surface area contributed by atoms with Gasteiger partial charge < -0.3 is 15.6 Å². The number of hydrogen-bond acceptors (Lipinski definition) is 3. The van der Waals surface area contributed by atoms with Gasteiger partial charge in [-0.1, -0.05) is 25.4 Å². The van der Waals surface area contributed by atoms with Gasteiger partial charge in [0, 0.05) is 10.6 Å². The van der Waals surface area contributed by atoms with Crippen molar-refractivity contribution in [2.24, 2.45) is 11.7 Å². The Labute approximate surface area is 126 Å². The molecule has 0 aliphatic carbocycles. The van der Waals surface area contributed by atoms with Crippen molar-refractivity contribution in [3.63, 3.8) is 0 Å². The molecule has 0 aliphatic rings. The van der Waals surface area contributed by atoms with Crippen LogP contribution in [0.1, 0.15) is 38.3 Å². The van der Waals surface area contributed by atoms with E-state index in [4.69, 9.17) is 22.1 Å². The fourth-order valence-electron chi connectivity index (χ4n) is 1.86. The van der Waals surface area contributed by atoms with Gasteiger partial charge in [0.25, 0.3) is 0 Å². The molecule has 5 heteroatoms. The highest BCUT2D eigenvalue weighted by Gasteiger charge is 2.20. The summed E-state index contributed by atoms with van der Waals surface area (Å²) in [6, 6.07) is 4.80.